The van der Waals surface area contributed by atoms with Gasteiger partial charge in [0.15, 0.2) is 0 Å². The Hall–Kier alpha value is -2.66. The van der Waals surface area contributed by atoms with E-state index in [9.17, 15) is 9.59 Å². The summed E-state index contributed by atoms with van der Waals surface area (Å²) in [6, 6.07) is 15.2. The normalized spacial score (nSPS) is 10.8. The molecule has 0 aromatic heterocycles. The van der Waals surface area contributed by atoms with Crippen LogP contribution < -0.4 is 15.4 Å². The molecule has 2 aromatic carbocycles. The molecular formula is C29H42N2O3. The van der Waals surface area contributed by atoms with Gasteiger partial charge in [-0.3, -0.25) is 9.59 Å². The van der Waals surface area contributed by atoms with E-state index in [2.05, 4.69) is 17.6 Å². The molecule has 0 heterocycles. The summed E-state index contributed by atoms with van der Waals surface area (Å²) in [6.45, 7) is 5.82. The number of esters is 1. The van der Waals surface area contributed by atoms with Crippen LogP contribution in [0.25, 0.3) is 0 Å². The van der Waals surface area contributed by atoms with Crippen molar-refractivity contribution in [3.63, 3.8) is 0 Å². The Morgan fingerprint density at radius 3 is 1.74 bits per heavy atom. The minimum absolute atomic E-state index is 0.00306. The van der Waals surface area contributed by atoms with E-state index >= 15 is 0 Å². The van der Waals surface area contributed by atoms with E-state index in [1.807, 2.05) is 36.4 Å². The first-order chi connectivity index (χ1) is 16.6. The Kier molecular flexibility index (Phi) is 13.7. The molecule has 0 radical (unpaired) electrons. The fourth-order valence-corrected chi connectivity index (χ4v) is 3.88. The Labute approximate surface area is 205 Å². The lowest BCUT2D eigenvalue weighted by atomic mass is 10.1. The van der Waals surface area contributed by atoms with Gasteiger partial charge in [0, 0.05) is 32.1 Å². The fraction of sp³-hybridized carbons (Fsp3) is 0.517. The molecule has 0 atom stereocenters. The number of rotatable bonds is 17. The number of carbonyl (C=O) groups is 2. The predicted molar refractivity (Wildman–Crippen MR) is 139 cm³/mol. The minimum Gasteiger partial charge on any atom is -0.427 e. The molecule has 0 aliphatic heterocycles. The maximum atomic E-state index is 12.4. The molecule has 0 fully saturated rings. The van der Waals surface area contributed by atoms with Crippen molar-refractivity contribution in [1.82, 2.24) is 10.6 Å². The minimum atomic E-state index is -0.318. The SMILES string of the molecule is CCCCCCCCCCCCNC(=O)c1ccc(CNCc2ccc(OC(C)=O)cc2)cc1. The van der Waals surface area contributed by atoms with Gasteiger partial charge in [0.1, 0.15) is 5.75 Å². The monoisotopic (exact) mass is 466 g/mol. The van der Waals surface area contributed by atoms with Crippen LogP contribution in [0.1, 0.15) is 99.5 Å². The molecule has 2 aromatic rings. The van der Waals surface area contributed by atoms with Gasteiger partial charge in [-0.05, 0) is 41.8 Å². The van der Waals surface area contributed by atoms with Gasteiger partial charge in [-0.25, -0.2) is 0 Å². The molecule has 5 heteroatoms. The van der Waals surface area contributed by atoms with Crippen molar-refractivity contribution < 1.29 is 14.3 Å². The van der Waals surface area contributed by atoms with Crippen molar-refractivity contribution in [1.29, 1.82) is 0 Å². The third kappa shape index (κ3) is 12.0. The van der Waals surface area contributed by atoms with Crippen LogP contribution in [0, 0.1) is 0 Å². The van der Waals surface area contributed by atoms with E-state index in [0.717, 1.165) is 24.1 Å². The number of nitrogens with one attached hydrogen (secondary N) is 2. The summed E-state index contributed by atoms with van der Waals surface area (Å²) < 4.78 is 5.05. The van der Waals surface area contributed by atoms with Crippen LogP contribution >= 0.6 is 0 Å². The topological polar surface area (TPSA) is 67.4 Å². The molecule has 0 unspecified atom stereocenters. The summed E-state index contributed by atoms with van der Waals surface area (Å²) in [5.41, 5.74) is 2.94. The van der Waals surface area contributed by atoms with E-state index in [-0.39, 0.29) is 11.9 Å². The van der Waals surface area contributed by atoms with Crippen molar-refractivity contribution in [2.24, 2.45) is 0 Å². The number of unbranched alkanes of at least 4 members (excludes halogenated alkanes) is 9. The van der Waals surface area contributed by atoms with Gasteiger partial charge in [-0.15, -0.1) is 0 Å². The van der Waals surface area contributed by atoms with Gasteiger partial charge in [-0.1, -0.05) is 89.0 Å². The average Bonchev–Trinajstić information content (AvgIpc) is 2.83. The largest absolute Gasteiger partial charge is 0.427 e. The number of benzene rings is 2. The number of hydrogen-bond acceptors (Lipinski definition) is 4. The van der Waals surface area contributed by atoms with Gasteiger partial charge >= 0.3 is 5.97 Å². The van der Waals surface area contributed by atoms with Crippen molar-refractivity contribution >= 4 is 11.9 Å². The molecule has 0 saturated heterocycles. The molecule has 2 N–H and O–H groups in total. The highest BCUT2D eigenvalue weighted by Crippen LogP contribution is 2.13. The Morgan fingerprint density at radius 1 is 0.706 bits per heavy atom. The smallest absolute Gasteiger partial charge is 0.308 e. The summed E-state index contributed by atoms with van der Waals surface area (Å²) in [4.78, 5) is 23.3. The second-order valence-corrected chi connectivity index (χ2v) is 8.98. The van der Waals surface area contributed by atoms with Crippen LogP contribution in [0.5, 0.6) is 5.75 Å². The molecule has 1 amide bonds. The zero-order valence-corrected chi connectivity index (χ0v) is 21.0. The van der Waals surface area contributed by atoms with E-state index < -0.39 is 0 Å². The molecule has 34 heavy (non-hydrogen) atoms. The molecule has 186 valence electrons. The fourth-order valence-electron chi connectivity index (χ4n) is 3.88. The van der Waals surface area contributed by atoms with Crippen molar-refractivity contribution in [2.75, 3.05) is 6.54 Å². The van der Waals surface area contributed by atoms with Gasteiger partial charge < -0.3 is 15.4 Å². The summed E-state index contributed by atoms with van der Waals surface area (Å²) >= 11 is 0. The van der Waals surface area contributed by atoms with E-state index in [1.165, 1.54) is 64.7 Å². The zero-order chi connectivity index (χ0) is 24.4. The highest BCUT2D eigenvalue weighted by molar-refractivity contribution is 5.94. The average molecular weight is 467 g/mol. The van der Waals surface area contributed by atoms with Crippen LogP contribution in [-0.4, -0.2) is 18.4 Å². The molecule has 0 aliphatic rings. The first-order valence-corrected chi connectivity index (χ1v) is 12.9. The maximum absolute atomic E-state index is 12.4. The zero-order valence-electron chi connectivity index (χ0n) is 21.0. The Morgan fingerprint density at radius 2 is 1.21 bits per heavy atom. The number of hydrogen-bond donors (Lipinski definition) is 2. The number of ether oxygens (including phenoxy) is 1. The Bertz CT molecular complexity index is 831. The van der Waals surface area contributed by atoms with Gasteiger partial charge in [0.05, 0.1) is 0 Å². The van der Waals surface area contributed by atoms with E-state index in [4.69, 9.17) is 4.74 Å². The Balaban J connectivity index is 1.55. The molecular weight excluding hydrogens is 424 g/mol. The maximum Gasteiger partial charge on any atom is 0.308 e. The lowest BCUT2D eigenvalue weighted by molar-refractivity contribution is -0.131. The second-order valence-electron chi connectivity index (χ2n) is 8.98. The summed E-state index contributed by atoms with van der Waals surface area (Å²) in [7, 11) is 0. The highest BCUT2D eigenvalue weighted by Gasteiger charge is 2.05. The molecule has 2 rings (SSSR count). The highest BCUT2D eigenvalue weighted by atomic mass is 16.5. The third-order valence-corrected chi connectivity index (χ3v) is 5.88. The first-order valence-electron chi connectivity index (χ1n) is 12.9. The predicted octanol–water partition coefficient (Wildman–Crippen LogP) is 6.55. The van der Waals surface area contributed by atoms with Crippen molar-refractivity contribution in [3.8, 4) is 5.75 Å². The summed E-state index contributed by atoms with van der Waals surface area (Å²) in [5, 5.41) is 6.43. The third-order valence-electron chi connectivity index (χ3n) is 5.88. The lowest BCUT2D eigenvalue weighted by Gasteiger charge is -2.08. The quantitative estimate of drug-likeness (QED) is 0.158. The second kappa shape index (κ2) is 16.9. The van der Waals surface area contributed by atoms with Crippen LogP contribution in [-0.2, 0) is 17.9 Å². The van der Waals surface area contributed by atoms with Crippen LogP contribution in [0.4, 0.5) is 0 Å². The number of amides is 1. The van der Waals surface area contributed by atoms with Crippen LogP contribution in [0.2, 0.25) is 0 Å². The van der Waals surface area contributed by atoms with E-state index in [0.29, 0.717) is 24.4 Å². The van der Waals surface area contributed by atoms with Gasteiger partial charge in [0.25, 0.3) is 5.91 Å². The van der Waals surface area contributed by atoms with E-state index in [1.54, 1.807) is 12.1 Å². The van der Waals surface area contributed by atoms with Crippen molar-refractivity contribution in [3.05, 3.63) is 65.2 Å². The summed E-state index contributed by atoms with van der Waals surface area (Å²) in [5.74, 6) is 0.239. The van der Waals surface area contributed by atoms with Crippen LogP contribution in [0.3, 0.4) is 0 Å². The lowest BCUT2D eigenvalue weighted by Crippen LogP contribution is -2.24. The van der Waals surface area contributed by atoms with Gasteiger partial charge in [-0.2, -0.15) is 0 Å². The molecule has 0 aliphatic carbocycles. The number of carbonyl (C=O) groups excluding carboxylic acids is 2. The molecule has 0 spiro atoms. The van der Waals surface area contributed by atoms with Crippen LogP contribution in [0.15, 0.2) is 48.5 Å². The van der Waals surface area contributed by atoms with Gasteiger partial charge in [0.2, 0.25) is 0 Å². The standard InChI is InChI=1S/C29H42N2O3/c1-3-4-5-6-7-8-9-10-11-12-21-31-29(33)27-17-13-25(14-18-27)22-30-23-26-15-19-28(20-16-26)34-24(2)32/h13-20,30H,3-12,21-23H2,1-2H3,(H,31,33). The van der Waals surface area contributed by atoms with Crippen molar-refractivity contribution in [2.45, 2.75) is 91.1 Å². The molecule has 5 nitrogen and oxygen atoms in total. The molecule has 0 bridgehead atoms. The summed E-state index contributed by atoms with van der Waals surface area (Å²) in [6.07, 6.45) is 13.0. The first kappa shape index (κ1) is 27.6. The molecule has 0 saturated carbocycles.